The van der Waals surface area contributed by atoms with Crippen LogP contribution in [0.3, 0.4) is 0 Å². The Balaban J connectivity index is 2.85. The number of hydrogen-bond donors (Lipinski definition) is 1. The van der Waals surface area contributed by atoms with Crippen molar-refractivity contribution in [2.45, 2.75) is 20.0 Å². The molecule has 0 amide bonds. The molecule has 0 aromatic carbocycles. The standard InChI is InChI=1S/C11H14F3NO2/c1-10(2,6-16)7-17-9-5-15-4-3-8(9)11(12,13)14/h3-5,16H,6-7H2,1-2H3. The van der Waals surface area contributed by atoms with Gasteiger partial charge in [-0.25, -0.2) is 0 Å². The van der Waals surface area contributed by atoms with Crippen LogP contribution >= 0.6 is 0 Å². The summed E-state index contributed by atoms with van der Waals surface area (Å²) in [5.41, 5.74) is -1.46. The minimum atomic E-state index is -4.47. The van der Waals surface area contributed by atoms with E-state index in [2.05, 4.69) is 4.98 Å². The van der Waals surface area contributed by atoms with E-state index in [0.29, 0.717) is 0 Å². The fourth-order valence-electron chi connectivity index (χ4n) is 1.05. The van der Waals surface area contributed by atoms with E-state index < -0.39 is 17.2 Å². The second kappa shape index (κ2) is 4.91. The molecule has 0 bridgehead atoms. The zero-order valence-corrected chi connectivity index (χ0v) is 9.58. The highest BCUT2D eigenvalue weighted by molar-refractivity contribution is 5.32. The molecule has 0 atom stereocenters. The van der Waals surface area contributed by atoms with Gasteiger partial charge in [-0.2, -0.15) is 13.2 Å². The lowest BCUT2D eigenvalue weighted by atomic mass is 9.96. The SMILES string of the molecule is CC(C)(CO)COc1cnccc1C(F)(F)F. The molecule has 0 unspecified atom stereocenters. The minimum Gasteiger partial charge on any atom is -0.491 e. The summed E-state index contributed by atoms with van der Waals surface area (Å²) in [4.78, 5) is 3.60. The van der Waals surface area contributed by atoms with Crippen LogP contribution in [0.25, 0.3) is 0 Å². The van der Waals surface area contributed by atoms with Crippen molar-refractivity contribution < 1.29 is 23.0 Å². The molecule has 0 radical (unpaired) electrons. The van der Waals surface area contributed by atoms with Crippen molar-refractivity contribution in [3.05, 3.63) is 24.0 Å². The molecule has 0 aliphatic carbocycles. The number of aliphatic hydroxyl groups excluding tert-OH is 1. The molecule has 1 rings (SSSR count). The number of ether oxygens (including phenoxy) is 1. The summed E-state index contributed by atoms with van der Waals surface area (Å²) >= 11 is 0. The first-order valence-electron chi connectivity index (χ1n) is 5.01. The topological polar surface area (TPSA) is 42.4 Å². The van der Waals surface area contributed by atoms with Crippen LogP contribution in [0.1, 0.15) is 19.4 Å². The summed E-state index contributed by atoms with van der Waals surface area (Å²) in [6.45, 7) is 3.19. The first-order valence-corrected chi connectivity index (χ1v) is 5.01. The average molecular weight is 249 g/mol. The normalized spacial score (nSPS) is 12.6. The number of pyridine rings is 1. The molecule has 1 N–H and O–H groups in total. The smallest absolute Gasteiger partial charge is 0.420 e. The minimum absolute atomic E-state index is 0.0156. The van der Waals surface area contributed by atoms with Gasteiger partial charge in [-0.05, 0) is 6.07 Å². The summed E-state index contributed by atoms with van der Waals surface area (Å²) < 4.78 is 42.9. The van der Waals surface area contributed by atoms with Gasteiger partial charge < -0.3 is 9.84 Å². The quantitative estimate of drug-likeness (QED) is 0.891. The van der Waals surface area contributed by atoms with Gasteiger partial charge in [-0.3, -0.25) is 4.98 Å². The van der Waals surface area contributed by atoms with Gasteiger partial charge in [-0.1, -0.05) is 13.8 Å². The number of hydrogen-bond acceptors (Lipinski definition) is 3. The summed E-state index contributed by atoms with van der Waals surface area (Å²) in [6, 6.07) is 0.862. The Labute approximate surface area is 97.2 Å². The Morgan fingerprint density at radius 2 is 2.00 bits per heavy atom. The Bertz CT molecular complexity index is 377. The molecular weight excluding hydrogens is 235 g/mol. The third-order valence-corrected chi connectivity index (χ3v) is 2.14. The zero-order valence-electron chi connectivity index (χ0n) is 9.58. The van der Waals surface area contributed by atoms with Crippen molar-refractivity contribution in [1.82, 2.24) is 4.98 Å². The average Bonchev–Trinajstić information content (AvgIpc) is 2.26. The number of nitrogens with zero attached hydrogens (tertiary/aromatic N) is 1. The van der Waals surface area contributed by atoms with E-state index in [4.69, 9.17) is 9.84 Å². The van der Waals surface area contributed by atoms with Crippen LogP contribution in [0.4, 0.5) is 13.2 Å². The maximum Gasteiger partial charge on any atom is 0.420 e. The number of alkyl halides is 3. The third kappa shape index (κ3) is 3.89. The van der Waals surface area contributed by atoms with E-state index in [-0.39, 0.29) is 19.0 Å². The van der Waals surface area contributed by atoms with Gasteiger partial charge in [0.1, 0.15) is 11.3 Å². The summed E-state index contributed by atoms with van der Waals surface area (Å²) in [7, 11) is 0. The zero-order chi connectivity index (χ0) is 13.1. The first kappa shape index (κ1) is 13.8. The van der Waals surface area contributed by atoms with Crippen molar-refractivity contribution in [1.29, 1.82) is 0 Å². The summed E-state index contributed by atoms with van der Waals surface area (Å²) in [6.07, 6.45) is -2.38. The summed E-state index contributed by atoms with van der Waals surface area (Å²) in [5, 5.41) is 8.98. The van der Waals surface area contributed by atoms with Gasteiger partial charge >= 0.3 is 6.18 Å². The van der Waals surface area contributed by atoms with Crippen LogP contribution < -0.4 is 4.74 Å². The van der Waals surface area contributed by atoms with Crippen molar-refractivity contribution in [2.24, 2.45) is 5.41 Å². The van der Waals surface area contributed by atoms with Crippen molar-refractivity contribution in [3.8, 4) is 5.75 Å². The van der Waals surface area contributed by atoms with Gasteiger partial charge in [-0.15, -0.1) is 0 Å². The highest BCUT2D eigenvalue weighted by Gasteiger charge is 2.34. The second-order valence-corrected chi connectivity index (χ2v) is 4.48. The molecule has 1 heterocycles. The number of aromatic nitrogens is 1. The summed E-state index contributed by atoms with van der Waals surface area (Å²) in [5.74, 6) is -0.318. The van der Waals surface area contributed by atoms with Crippen molar-refractivity contribution in [3.63, 3.8) is 0 Å². The lowest BCUT2D eigenvalue weighted by Gasteiger charge is -2.22. The van der Waals surface area contributed by atoms with E-state index in [0.717, 1.165) is 18.5 Å². The maximum atomic E-state index is 12.6. The molecular formula is C11H14F3NO2. The number of rotatable bonds is 4. The predicted molar refractivity (Wildman–Crippen MR) is 55.6 cm³/mol. The molecule has 0 saturated heterocycles. The molecule has 17 heavy (non-hydrogen) atoms. The van der Waals surface area contributed by atoms with E-state index >= 15 is 0 Å². The number of aliphatic hydroxyl groups is 1. The lowest BCUT2D eigenvalue weighted by molar-refractivity contribution is -0.139. The Morgan fingerprint density at radius 1 is 1.35 bits per heavy atom. The molecule has 0 fully saturated rings. The maximum absolute atomic E-state index is 12.6. The molecule has 3 nitrogen and oxygen atoms in total. The molecule has 1 aromatic heterocycles. The van der Waals surface area contributed by atoms with Crippen molar-refractivity contribution >= 4 is 0 Å². The second-order valence-electron chi connectivity index (χ2n) is 4.48. The molecule has 0 aliphatic rings. The Kier molecular flexibility index (Phi) is 3.98. The lowest BCUT2D eigenvalue weighted by Crippen LogP contribution is -2.26. The highest BCUT2D eigenvalue weighted by atomic mass is 19.4. The van der Waals surface area contributed by atoms with E-state index in [1.807, 2.05) is 0 Å². The van der Waals surface area contributed by atoms with Crippen LogP contribution in [0, 0.1) is 5.41 Å². The largest absolute Gasteiger partial charge is 0.491 e. The van der Waals surface area contributed by atoms with E-state index in [1.54, 1.807) is 13.8 Å². The van der Waals surface area contributed by atoms with Gasteiger partial charge in [0.2, 0.25) is 0 Å². The Hall–Kier alpha value is -1.30. The van der Waals surface area contributed by atoms with Crippen LogP contribution in [0.2, 0.25) is 0 Å². The molecule has 0 saturated carbocycles. The van der Waals surface area contributed by atoms with Crippen LogP contribution in [-0.4, -0.2) is 23.3 Å². The van der Waals surface area contributed by atoms with Gasteiger partial charge in [0, 0.05) is 11.6 Å². The number of halogens is 3. The molecule has 0 spiro atoms. The Morgan fingerprint density at radius 3 is 2.53 bits per heavy atom. The highest BCUT2D eigenvalue weighted by Crippen LogP contribution is 2.35. The first-order chi connectivity index (χ1) is 7.76. The van der Waals surface area contributed by atoms with Gasteiger partial charge in [0.05, 0.1) is 19.4 Å². The third-order valence-electron chi connectivity index (χ3n) is 2.14. The van der Waals surface area contributed by atoms with E-state index in [9.17, 15) is 13.2 Å². The van der Waals surface area contributed by atoms with Crippen molar-refractivity contribution in [2.75, 3.05) is 13.2 Å². The van der Waals surface area contributed by atoms with Gasteiger partial charge in [0.15, 0.2) is 0 Å². The van der Waals surface area contributed by atoms with E-state index in [1.165, 1.54) is 0 Å². The molecule has 6 heteroatoms. The fraction of sp³-hybridized carbons (Fsp3) is 0.545. The molecule has 0 aliphatic heterocycles. The fourth-order valence-corrected chi connectivity index (χ4v) is 1.05. The monoisotopic (exact) mass is 249 g/mol. The predicted octanol–water partition coefficient (Wildman–Crippen LogP) is 2.50. The molecule has 96 valence electrons. The van der Waals surface area contributed by atoms with Crippen LogP contribution in [-0.2, 0) is 6.18 Å². The van der Waals surface area contributed by atoms with Gasteiger partial charge in [0.25, 0.3) is 0 Å². The van der Waals surface area contributed by atoms with Crippen LogP contribution in [0.5, 0.6) is 5.75 Å². The van der Waals surface area contributed by atoms with Crippen LogP contribution in [0.15, 0.2) is 18.5 Å². The molecule has 1 aromatic rings.